The van der Waals surface area contributed by atoms with E-state index >= 15 is 0 Å². The molecular formula is C16H13N7O. The number of nitrogens with one attached hydrogen (secondary N) is 2. The fourth-order valence-electron chi connectivity index (χ4n) is 2.36. The number of nitriles is 2. The van der Waals surface area contributed by atoms with Crippen LogP contribution in [0, 0.1) is 29.6 Å². The normalized spacial score (nSPS) is 10.3. The molecule has 0 atom stereocenters. The Kier molecular flexibility index (Phi) is 3.96. The van der Waals surface area contributed by atoms with Gasteiger partial charge in [0, 0.05) is 12.4 Å². The third-order valence-electron chi connectivity index (χ3n) is 3.47. The van der Waals surface area contributed by atoms with Crippen LogP contribution in [0.25, 0.3) is 5.65 Å². The molecule has 0 aliphatic carbocycles. The lowest BCUT2D eigenvalue weighted by atomic mass is 10.2. The van der Waals surface area contributed by atoms with Gasteiger partial charge in [-0.2, -0.15) is 15.6 Å². The zero-order valence-corrected chi connectivity index (χ0v) is 12.9. The summed E-state index contributed by atoms with van der Waals surface area (Å²) < 4.78 is 1.84. The number of aromatic nitrogens is 4. The summed E-state index contributed by atoms with van der Waals surface area (Å²) in [6.45, 7) is 1.97. The summed E-state index contributed by atoms with van der Waals surface area (Å²) in [6.07, 6.45) is 3.75. The second kappa shape index (κ2) is 6.23. The summed E-state index contributed by atoms with van der Waals surface area (Å²) in [7, 11) is 0. The number of imidazole rings is 1. The lowest BCUT2D eigenvalue weighted by Crippen LogP contribution is -2.15. The predicted octanol–water partition coefficient (Wildman–Crippen LogP) is 1.48. The van der Waals surface area contributed by atoms with Crippen molar-refractivity contribution in [2.75, 3.05) is 5.32 Å². The molecule has 0 saturated carbocycles. The molecule has 3 heterocycles. The molecule has 0 bridgehead atoms. The highest BCUT2D eigenvalue weighted by atomic mass is 16.1. The number of carbonyl (C=O) groups is 1. The van der Waals surface area contributed by atoms with Gasteiger partial charge in [0.15, 0.2) is 5.82 Å². The van der Waals surface area contributed by atoms with Gasteiger partial charge in [-0.25, -0.2) is 4.98 Å². The first-order valence-electron chi connectivity index (χ1n) is 7.19. The highest BCUT2D eigenvalue weighted by Gasteiger charge is 2.16. The summed E-state index contributed by atoms with van der Waals surface area (Å²) in [4.78, 5) is 16.6. The van der Waals surface area contributed by atoms with Gasteiger partial charge in [-0.3, -0.25) is 9.89 Å². The number of H-pyrrole nitrogens is 1. The Bertz CT molecular complexity index is 1000. The first-order chi connectivity index (χ1) is 11.6. The largest absolute Gasteiger partial charge is 0.308 e. The van der Waals surface area contributed by atoms with E-state index < -0.39 is 0 Å². The molecule has 118 valence electrons. The second-order valence-electron chi connectivity index (χ2n) is 5.30. The van der Waals surface area contributed by atoms with Crippen LogP contribution in [0.5, 0.6) is 0 Å². The maximum atomic E-state index is 12.2. The minimum atomic E-state index is -0.332. The molecule has 3 rings (SSSR count). The van der Waals surface area contributed by atoms with Crippen molar-refractivity contribution in [3.63, 3.8) is 0 Å². The fourth-order valence-corrected chi connectivity index (χ4v) is 2.36. The van der Waals surface area contributed by atoms with E-state index in [2.05, 4.69) is 20.5 Å². The van der Waals surface area contributed by atoms with Crippen molar-refractivity contribution in [3.8, 4) is 12.1 Å². The smallest absolute Gasteiger partial charge is 0.231 e. The van der Waals surface area contributed by atoms with E-state index in [4.69, 9.17) is 10.5 Å². The number of hydrogen-bond acceptors (Lipinski definition) is 5. The molecule has 0 unspecified atom stereocenters. The first-order valence-corrected chi connectivity index (χ1v) is 7.19. The summed E-state index contributed by atoms with van der Waals surface area (Å²) in [5.41, 5.74) is 3.04. The molecular weight excluding hydrogens is 306 g/mol. The van der Waals surface area contributed by atoms with E-state index in [1.165, 1.54) is 0 Å². The number of anilines is 1. The number of carbonyl (C=O) groups excluding carboxylic acids is 1. The van der Waals surface area contributed by atoms with E-state index in [0.717, 1.165) is 11.2 Å². The van der Waals surface area contributed by atoms with Crippen LogP contribution in [0.2, 0.25) is 0 Å². The van der Waals surface area contributed by atoms with Gasteiger partial charge in [0.2, 0.25) is 5.91 Å². The van der Waals surface area contributed by atoms with E-state index in [0.29, 0.717) is 11.4 Å². The molecule has 0 saturated heterocycles. The van der Waals surface area contributed by atoms with Crippen molar-refractivity contribution < 1.29 is 4.79 Å². The highest BCUT2D eigenvalue weighted by molar-refractivity contribution is 5.92. The standard InChI is InChI=1S/C16H13N7O/c1-10-3-5-23-9-11(19-14(23)6-10)7-15(24)20-16-12(8-18)13(2-4-17)21-22-16/h3,5-6,9H,2,7H2,1H3,(H2,20,21,22,24). The molecule has 8 nitrogen and oxygen atoms in total. The quantitative estimate of drug-likeness (QED) is 0.754. The van der Waals surface area contributed by atoms with Gasteiger partial charge < -0.3 is 9.72 Å². The minimum absolute atomic E-state index is 0.0253. The molecule has 0 aliphatic heterocycles. The Labute approximate surface area is 137 Å². The summed E-state index contributed by atoms with van der Waals surface area (Å²) >= 11 is 0. The summed E-state index contributed by atoms with van der Waals surface area (Å²) in [6, 6.07) is 7.77. The zero-order valence-electron chi connectivity index (χ0n) is 12.9. The summed E-state index contributed by atoms with van der Waals surface area (Å²) in [5, 5.41) is 26.9. The van der Waals surface area contributed by atoms with Crippen molar-refractivity contribution in [3.05, 3.63) is 47.0 Å². The van der Waals surface area contributed by atoms with Gasteiger partial charge >= 0.3 is 0 Å². The number of amides is 1. The molecule has 0 spiro atoms. The van der Waals surface area contributed by atoms with Crippen molar-refractivity contribution in [1.29, 1.82) is 10.5 Å². The minimum Gasteiger partial charge on any atom is -0.308 e. The van der Waals surface area contributed by atoms with Gasteiger partial charge in [0.1, 0.15) is 17.3 Å². The van der Waals surface area contributed by atoms with E-state index in [-0.39, 0.29) is 30.1 Å². The number of aromatic amines is 1. The molecule has 3 aromatic rings. The molecule has 2 N–H and O–H groups in total. The van der Waals surface area contributed by atoms with Crippen molar-refractivity contribution in [2.24, 2.45) is 0 Å². The Morgan fingerprint density at radius 3 is 3.04 bits per heavy atom. The molecule has 8 heteroatoms. The molecule has 3 aromatic heterocycles. The van der Waals surface area contributed by atoms with Crippen LogP contribution in [0.3, 0.4) is 0 Å². The highest BCUT2D eigenvalue weighted by Crippen LogP contribution is 2.16. The van der Waals surface area contributed by atoms with Gasteiger partial charge in [0.25, 0.3) is 0 Å². The number of fused-ring (bicyclic) bond motifs is 1. The van der Waals surface area contributed by atoms with Crippen LogP contribution in [0.15, 0.2) is 24.5 Å². The monoisotopic (exact) mass is 319 g/mol. The second-order valence-corrected chi connectivity index (χ2v) is 5.30. The lowest BCUT2D eigenvalue weighted by Gasteiger charge is -2.00. The van der Waals surface area contributed by atoms with Crippen LogP contribution in [0.1, 0.15) is 22.5 Å². The number of pyridine rings is 1. The molecule has 24 heavy (non-hydrogen) atoms. The van der Waals surface area contributed by atoms with Crippen molar-refractivity contribution in [2.45, 2.75) is 19.8 Å². The van der Waals surface area contributed by atoms with Crippen molar-refractivity contribution >= 4 is 17.4 Å². The average Bonchev–Trinajstić information content (AvgIpc) is 3.10. The van der Waals surface area contributed by atoms with E-state index in [1.54, 1.807) is 6.20 Å². The SMILES string of the molecule is Cc1ccn2cc(CC(=O)Nc3n[nH]c(CC#N)c3C#N)nc2c1. The Morgan fingerprint density at radius 2 is 2.29 bits per heavy atom. The number of hydrogen-bond donors (Lipinski definition) is 2. The molecule has 0 fully saturated rings. The molecule has 0 aliphatic rings. The van der Waals surface area contributed by atoms with Gasteiger partial charge in [0.05, 0.1) is 30.3 Å². The number of nitrogens with zero attached hydrogens (tertiary/aromatic N) is 5. The van der Waals surface area contributed by atoms with Crippen LogP contribution >= 0.6 is 0 Å². The average molecular weight is 319 g/mol. The maximum absolute atomic E-state index is 12.2. The van der Waals surface area contributed by atoms with Crippen LogP contribution in [0.4, 0.5) is 5.82 Å². The van der Waals surface area contributed by atoms with Gasteiger partial charge in [-0.15, -0.1) is 0 Å². The first kappa shape index (κ1) is 15.3. The number of aryl methyl sites for hydroxylation is 1. The Balaban J connectivity index is 1.76. The third-order valence-corrected chi connectivity index (χ3v) is 3.47. The third kappa shape index (κ3) is 2.94. The van der Waals surface area contributed by atoms with E-state index in [1.807, 2.05) is 41.8 Å². The van der Waals surface area contributed by atoms with Crippen LogP contribution in [-0.4, -0.2) is 25.5 Å². The topological polar surface area (TPSA) is 123 Å². The summed E-state index contributed by atoms with van der Waals surface area (Å²) in [5.74, 6) is -0.200. The predicted molar refractivity (Wildman–Crippen MR) is 84.9 cm³/mol. The zero-order chi connectivity index (χ0) is 17.1. The molecule has 0 radical (unpaired) electrons. The van der Waals surface area contributed by atoms with Crippen molar-refractivity contribution in [1.82, 2.24) is 19.6 Å². The maximum Gasteiger partial charge on any atom is 0.231 e. The lowest BCUT2D eigenvalue weighted by molar-refractivity contribution is -0.115. The van der Waals surface area contributed by atoms with Crippen LogP contribution in [-0.2, 0) is 17.6 Å². The fraction of sp³-hybridized carbons (Fsp3) is 0.188. The van der Waals surface area contributed by atoms with E-state index in [9.17, 15) is 4.79 Å². The Hall–Kier alpha value is -3.65. The molecule has 0 aromatic carbocycles. The molecule has 1 amide bonds. The Morgan fingerprint density at radius 1 is 1.46 bits per heavy atom. The van der Waals surface area contributed by atoms with Crippen LogP contribution < -0.4 is 5.32 Å². The van der Waals surface area contributed by atoms with Gasteiger partial charge in [-0.1, -0.05) is 0 Å². The van der Waals surface area contributed by atoms with Gasteiger partial charge in [-0.05, 0) is 24.6 Å². The number of rotatable bonds is 4.